The van der Waals surface area contributed by atoms with Crippen molar-refractivity contribution in [3.05, 3.63) is 29.8 Å². The van der Waals surface area contributed by atoms with E-state index in [0.29, 0.717) is 24.8 Å². The molecule has 7 heteroatoms. The Balaban J connectivity index is 2.00. The number of nitrogens with one attached hydrogen (secondary N) is 1. The van der Waals surface area contributed by atoms with E-state index in [4.69, 9.17) is 4.74 Å². The molecule has 2 atom stereocenters. The molecule has 1 aliphatic heterocycles. The second-order valence-corrected chi connectivity index (χ2v) is 8.64. The van der Waals surface area contributed by atoms with Crippen LogP contribution in [0.25, 0.3) is 0 Å². The first-order valence-electron chi connectivity index (χ1n) is 9.41. The van der Waals surface area contributed by atoms with Crippen LogP contribution in [0, 0.1) is 0 Å². The molecule has 1 aliphatic rings. The predicted molar refractivity (Wildman–Crippen MR) is 102 cm³/mol. The van der Waals surface area contributed by atoms with Crippen LogP contribution in [-0.2, 0) is 14.8 Å². The van der Waals surface area contributed by atoms with Crippen molar-refractivity contribution >= 4 is 15.9 Å². The number of nitrogens with zero attached hydrogens (tertiary/aromatic N) is 1. The molecule has 6 nitrogen and oxygen atoms in total. The van der Waals surface area contributed by atoms with Crippen molar-refractivity contribution < 1.29 is 17.9 Å². The SMILES string of the molecule is CCN(CC)S(=O)(=O)c1cccc(C(=O)N[C@H](C)CC[C@H]2CCCO2)c1. The van der Waals surface area contributed by atoms with Gasteiger partial charge >= 0.3 is 0 Å². The van der Waals surface area contributed by atoms with Crippen molar-refractivity contribution in [3.63, 3.8) is 0 Å². The fraction of sp³-hybridized carbons (Fsp3) is 0.632. The molecule has 0 bridgehead atoms. The van der Waals surface area contributed by atoms with Gasteiger partial charge in [-0.3, -0.25) is 4.79 Å². The number of amides is 1. The van der Waals surface area contributed by atoms with Crippen molar-refractivity contribution in [1.82, 2.24) is 9.62 Å². The van der Waals surface area contributed by atoms with Crippen molar-refractivity contribution in [2.75, 3.05) is 19.7 Å². The Morgan fingerprint density at radius 1 is 1.35 bits per heavy atom. The van der Waals surface area contributed by atoms with Gasteiger partial charge in [-0.15, -0.1) is 0 Å². The van der Waals surface area contributed by atoms with E-state index in [9.17, 15) is 13.2 Å². The lowest BCUT2D eigenvalue weighted by Gasteiger charge is -2.19. The highest BCUT2D eigenvalue weighted by molar-refractivity contribution is 7.89. The molecule has 0 aromatic heterocycles. The summed E-state index contributed by atoms with van der Waals surface area (Å²) >= 11 is 0. The van der Waals surface area contributed by atoms with Gasteiger partial charge in [0.05, 0.1) is 11.0 Å². The molecule has 0 radical (unpaired) electrons. The molecule has 0 spiro atoms. The fourth-order valence-electron chi connectivity index (χ4n) is 3.20. The Morgan fingerprint density at radius 3 is 2.69 bits per heavy atom. The lowest BCUT2D eigenvalue weighted by Crippen LogP contribution is -2.34. The number of hydrogen-bond acceptors (Lipinski definition) is 4. The zero-order valence-corrected chi connectivity index (χ0v) is 16.7. The molecule has 1 N–H and O–H groups in total. The third-order valence-corrected chi connectivity index (χ3v) is 6.81. The number of sulfonamides is 1. The summed E-state index contributed by atoms with van der Waals surface area (Å²) < 4.78 is 32.2. The van der Waals surface area contributed by atoms with E-state index in [-0.39, 0.29) is 16.8 Å². The number of hydrogen-bond donors (Lipinski definition) is 1. The molecule has 26 heavy (non-hydrogen) atoms. The number of carbonyl (C=O) groups is 1. The van der Waals surface area contributed by atoms with Crippen LogP contribution in [0.2, 0.25) is 0 Å². The lowest BCUT2D eigenvalue weighted by molar-refractivity contribution is 0.0899. The molecule has 0 saturated carbocycles. The standard InChI is InChI=1S/C19H30N2O4S/c1-4-21(5-2)26(23,24)18-10-6-8-16(14-18)19(22)20-15(3)11-12-17-9-7-13-25-17/h6,8,10,14-15,17H,4-5,7,9,11-13H2,1-3H3,(H,20,22)/t15-,17-/m1/s1. The summed E-state index contributed by atoms with van der Waals surface area (Å²) in [6.07, 6.45) is 4.27. The molecule has 146 valence electrons. The van der Waals surface area contributed by atoms with Crippen LogP contribution in [-0.4, -0.2) is 50.5 Å². The van der Waals surface area contributed by atoms with Gasteiger partial charge in [0.15, 0.2) is 0 Å². The van der Waals surface area contributed by atoms with E-state index in [0.717, 1.165) is 32.3 Å². The van der Waals surface area contributed by atoms with Gasteiger partial charge < -0.3 is 10.1 Å². The Labute approximate surface area is 157 Å². The smallest absolute Gasteiger partial charge is 0.251 e. The van der Waals surface area contributed by atoms with E-state index >= 15 is 0 Å². The maximum atomic E-state index is 12.6. The third-order valence-electron chi connectivity index (χ3n) is 4.76. The van der Waals surface area contributed by atoms with Gasteiger partial charge in [-0.1, -0.05) is 19.9 Å². The topological polar surface area (TPSA) is 75.7 Å². The van der Waals surface area contributed by atoms with Gasteiger partial charge in [-0.2, -0.15) is 4.31 Å². The molecule has 1 amide bonds. The summed E-state index contributed by atoms with van der Waals surface area (Å²) in [4.78, 5) is 12.6. The number of ether oxygens (including phenoxy) is 1. The molecule has 2 rings (SSSR count). The molecule has 1 aromatic rings. The van der Waals surface area contributed by atoms with Crippen LogP contribution < -0.4 is 5.32 Å². The summed E-state index contributed by atoms with van der Waals surface area (Å²) in [5.41, 5.74) is 0.363. The average molecular weight is 383 g/mol. The van der Waals surface area contributed by atoms with Gasteiger partial charge in [0.1, 0.15) is 0 Å². The van der Waals surface area contributed by atoms with Crippen LogP contribution in [0.3, 0.4) is 0 Å². The van der Waals surface area contributed by atoms with E-state index < -0.39 is 10.0 Å². The Bertz CT molecular complexity index is 695. The molecule has 1 fully saturated rings. The van der Waals surface area contributed by atoms with Crippen LogP contribution in [0.15, 0.2) is 29.2 Å². The Hall–Kier alpha value is -1.44. The molecule has 1 saturated heterocycles. The second kappa shape index (κ2) is 9.48. The average Bonchev–Trinajstić information content (AvgIpc) is 3.14. The van der Waals surface area contributed by atoms with Crippen LogP contribution >= 0.6 is 0 Å². The Kier molecular flexibility index (Phi) is 7.61. The lowest BCUT2D eigenvalue weighted by atomic mass is 10.1. The molecular weight excluding hydrogens is 352 g/mol. The second-order valence-electron chi connectivity index (χ2n) is 6.70. The van der Waals surface area contributed by atoms with Crippen molar-refractivity contribution in [2.24, 2.45) is 0 Å². The van der Waals surface area contributed by atoms with Crippen molar-refractivity contribution in [2.45, 2.75) is 63.5 Å². The highest BCUT2D eigenvalue weighted by atomic mass is 32.2. The summed E-state index contributed by atoms with van der Waals surface area (Å²) in [7, 11) is -3.57. The molecule has 0 aliphatic carbocycles. The quantitative estimate of drug-likeness (QED) is 0.713. The molecular formula is C19H30N2O4S. The van der Waals surface area contributed by atoms with E-state index in [2.05, 4.69) is 5.32 Å². The van der Waals surface area contributed by atoms with Gasteiger partial charge in [-0.25, -0.2) is 8.42 Å². The van der Waals surface area contributed by atoms with Crippen LogP contribution in [0.1, 0.15) is 56.8 Å². The van der Waals surface area contributed by atoms with Crippen LogP contribution in [0.5, 0.6) is 0 Å². The fourth-order valence-corrected chi connectivity index (χ4v) is 4.70. The van der Waals surface area contributed by atoms with E-state index in [1.165, 1.54) is 16.4 Å². The van der Waals surface area contributed by atoms with E-state index in [1.807, 2.05) is 6.92 Å². The van der Waals surface area contributed by atoms with Crippen molar-refractivity contribution in [1.29, 1.82) is 0 Å². The summed E-state index contributed by atoms with van der Waals surface area (Å²) in [5.74, 6) is -0.249. The van der Waals surface area contributed by atoms with E-state index in [1.54, 1.807) is 26.0 Å². The third kappa shape index (κ3) is 5.28. The maximum absolute atomic E-state index is 12.6. The first kappa shape index (κ1) is 20.9. The molecule has 0 unspecified atom stereocenters. The predicted octanol–water partition coefficient (Wildman–Crippen LogP) is 2.79. The normalized spacial score (nSPS) is 18.8. The zero-order valence-electron chi connectivity index (χ0n) is 15.9. The zero-order chi connectivity index (χ0) is 19.2. The van der Waals surface area contributed by atoms with Crippen molar-refractivity contribution in [3.8, 4) is 0 Å². The molecule has 1 heterocycles. The first-order valence-corrected chi connectivity index (χ1v) is 10.8. The summed E-state index contributed by atoms with van der Waals surface area (Å²) in [5, 5.41) is 2.95. The monoisotopic (exact) mass is 382 g/mol. The minimum Gasteiger partial charge on any atom is -0.378 e. The first-order chi connectivity index (χ1) is 12.4. The minimum atomic E-state index is -3.57. The largest absolute Gasteiger partial charge is 0.378 e. The highest BCUT2D eigenvalue weighted by Gasteiger charge is 2.23. The number of rotatable bonds is 9. The number of carbonyl (C=O) groups excluding carboxylic acids is 1. The van der Waals surface area contributed by atoms with Gasteiger partial charge in [0.2, 0.25) is 10.0 Å². The summed E-state index contributed by atoms with van der Waals surface area (Å²) in [6.45, 7) is 7.19. The van der Waals surface area contributed by atoms with Gasteiger partial charge in [-0.05, 0) is 50.8 Å². The van der Waals surface area contributed by atoms with Crippen LogP contribution in [0.4, 0.5) is 0 Å². The minimum absolute atomic E-state index is 0.00902. The maximum Gasteiger partial charge on any atom is 0.251 e. The Morgan fingerprint density at radius 2 is 2.08 bits per heavy atom. The highest BCUT2D eigenvalue weighted by Crippen LogP contribution is 2.19. The molecule has 1 aromatic carbocycles. The van der Waals surface area contributed by atoms with Gasteiger partial charge in [0.25, 0.3) is 5.91 Å². The van der Waals surface area contributed by atoms with Gasteiger partial charge in [0, 0.05) is 31.3 Å². The number of benzene rings is 1. The summed E-state index contributed by atoms with van der Waals surface area (Å²) in [6, 6.07) is 6.25.